The SMILES string of the molecule is O=C(O)CCN(C(=O)C(F)(F)F)C1CCOCC1. The Hall–Kier alpha value is -1.31. The molecule has 1 N–H and O–H groups in total. The van der Waals surface area contributed by atoms with Crippen LogP contribution >= 0.6 is 0 Å². The summed E-state index contributed by atoms with van der Waals surface area (Å²) >= 11 is 0. The van der Waals surface area contributed by atoms with Crippen molar-refractivity contribution in [2.24, 2.45) is 0 Å². The molecule has 0 aromatic rings. The highest BCUT2D eigenvalue weighted by molar-refractivity contribution is 5.82. The largest absolute Gasteiger partial charge is 0.481 e. The number of amides is 1. The lowest BCUT2D eigenvalue weighted by Gasteiger charge is -2.34. The van der Waals surface area contributed by atoms with Gasteiger partial charge in [-0.15, -0.1) is 0 Å². The molecule has 0 aromatic heterocycles. The molecule has 0 spiro atoms. The van der Waals surface area contributed by atoms with Crippen LogP contribution in [0.4, 0.5) is 13.2 Å². The minimum absolute atomic E-state index is 0.277. The van der Waals surface area contributed by atoms with E-state index in [-0.39, 0.29) is 13.2 Å². The van der Waals surface area contributed by atoms with Crippen molar-refractivity contribution in [1.29, 1.82) is 0 Å². The number of hydrogen-bond acceptors (Lipinski definition) is 3. The predicted molar refractivity (Wildman–Crippen MR) is 53.9 cm³/mol. The van der Waals surface area contributed by atoms with E-state index in [0.717, 1.165) is 0 Å². The highest BCUT2D eigenvalue weighted by Crippen LogP contribution is 2.23. The van der Waals surface area contributed by atoms with Crippen LogP contribution in [0.15, 0.2) is 0 Å². The first-order chi connectivity index (χ1) is 8.32. The highest BCUT2D eigenvalue weighted by Gasteiger charge is 2.44. The maximum absolute atomic E-state index is 12.4. The van der Waals surface area contributed by atoms with Crippen molar-refractivity contribution in [1.82, 2.24) is 4.90 Å². The van der Waals surface area contributed by atoms with Crippen LogP contribution in [0.5, 0.6) is 0 Å². The summed E-state index contributed by atoms with van der Waals surface area (Å²) in [6.07, 6.45) is -4.89. The number of rotatable bonds is 4. The van der Waals surface area contributed by atoms with Crippen LogP contribution < -0.4 is 0 Å². The molecule has 1 saturated heterocycles. The van der Waals surface area contributed by atoms with Crippen molar-refractivity contribution < 1.29 is 32.6 Å². The van der Waals surface area contributed by atoms with E-state index in [1.54, 1.807) is 0 Å². The van der Waals surface area contributed by atoms with Gasteiger partial charge < -0.3 is 14.7 Å². The van der Waals surface area contributed by atoms with Crippen LogP contribution in [0, 0.1) is 0 Å². The molecule has 0 saturated carbocycles. The molecule has 0 unspecified atom stereocenters. The summed E-state index contributed by atoms with van der Waals surface area (Å²) in [5, 5.41) is 8.50. The van der Waals surface area contributed by atoms with Crippen molar-refractivity contribution in [3.05, 3.63) is 0 Å². The predicted octanol–water partition coefficient (Wildman–Crippen LogP) is 1.03. The second-order valence-corrected chi connectivity index (χ2v) is 3.98. The molecule has 1 heterocycles. The fourth-order valence-corrected chi connectivity index (χ4v) is 1.83. The van der Waals surface area contributed by atoms with Crippen LogP contribution in [0.1, 0.15) is 19.3 Å². The number of carboxylic acids is 1. The van der Waals surface area contributed by atoms with Gasteiger partial charge in [-0.05, 0) is 12.8 Å². The zero-order valence-corrected chi connectivity index (χ0v) is 9.57. The van der Waals surface area contributed by atoms with Gasteiger partial charge in [-0.25, -0.2) is 0 Å². The number of nitrogens with zero attached hydrogens (tertiary/aromatic N) is 1. The van der Waals surface area contributed by atoms with Crippen LogP contribution in [0.3, 0.4) is 0 Å². The van der Waals surface area contributed by atoms with Gasteiger partial charge in [0.15, 0.2) is 0 Å². The normalized spacial score (nSPS) is 17.5. The van der Waals surface area contributed by atoms with Crippen LogP contribution in [0.25, 0.3) is 0 Å². The minimum atomic E-state index is -4.98. The van der Waals surface area contributed by atoms with E-state index < -0.39 is 37.1 Å². The van der Waals surface area contributed by atoms with Gasteiger partial charge in [-0.2, -0.15) is 13.2 Å². The van der Waals surface area contributed by atoms with Gasteiger partial charge in [0.1, 0.15) is 0 Å². The number of halogens is 3. The van der Waals surface area contributed by atoms with Crippen LogP contribution in [0.2, 0.25) is 0 Å². The Morgan fingerprint density at radius 2 is 1.83 bits per heavy atom. The number of hydrogen-bond donors (Lipinski definition) is 1. The van der Waals surface area contributed by atoms with Crippen molar-refractivity contribution in [2.75, 3.05) is 19.8 Å². The number of carbonyl (C=O) groups excluding carboxylic acids is 1. The molecule has 18 heavy (non-hydrogen) atoms. The molecule has 0 radical (unpaired) electrons. The van der Waals surface area contributed by atoms with E-state index in [1.165, 1.54) is 0 Å². The van der Waals surface area contributed by atoms with Crippen molar-refractivity contribution >= 4 is 11.9 Å². The van der Waals surface area contributed by atoms with Crippen LogP contribution in [-0.4, -0.2) is 53.9 Å². The van der Waals surface area contributed by atoms with Gasteiger partial charge >= 0.3 is 18.1 Å². The zero-order chi connectivity index (χ0) is 13.8. The van der Waals surface area contributed by atoms with Crippen molar-refractivity contribution in [3.63, 3.8) is 0 Å². The number of alkyl halides is 3. The van der Waals surface area contributed by atoms with Crippen molar-refractivity contribution in [3.8, 4) is 0 Å². The lowest BCUT2D eigenvalue weighted by Crippen LogP contribution is -2.49. The maximum atomic E-state index is 12.4. The van der Waals surface area contributed by atoms with E-state index >= 15 is 0 Å². The average Bonchev–Trinajstić information content (AvgIpc) is 2.29. The Morgan fingerprint density at radius 3 is 2.28 bits per heavy atom. The standard InChI is InChI=1S/C10H14F3NO4/c11-10(12,13)9(17)14(4-1-8(15)16)7-2-5-18-6-3-7/h7H,1-6H2,(H,15,16). The van der Waals surface area contributed by atoms with Gasteiger partial charge in [0.05, 0.1) is 6.42 Å². The molecule has 8 heteroatoms. The Balaban J connectivity index is 2.73. The first kappa shape index (κ1) is 14.7. The molecular weight excluding hydrogens is 255 g/mol. The summed E-state index contributed by atoms with van der Waals surface area (Å²) < 4.78 is 42.2. The number of carboxylic acid groups (broad SMARTS) is 1. The van der Waals surface area contributed by atoms with E-state index in [9.17, 15) is 22.8 Å². The van der Waals surface area contributed by atoms with E-state index in [1.807, 2.05) is 0 Å². The maximum Gasteiger partial charge on any atom is 0.471 e. The molecule has 0 atom stereocenters. The molecule has 0 bridgehead atoms. The van der Waals surface area contributed by atoms with Gasteiger partial charge in [-0.1, -0.05) is 0 Å². The average molecular weight is 269 g/mol. The van der Waals surface area contributed by atoms with E-state index in [2.05, 4.69) is 0 Å². The van der Waals surface area contributed by atoms with Gasteiger partial charge in [0, 0.05) is 25.8 Å². The molecule has 5 nitrogen and oxygen atoms in total. The van der Waals surface area contributed by atoms with E-state index in [4.69, 9.17) is 9.84 Å². The molecule has 1 fully saturated rings. The molecule has 1 aliphatic heterocycles. The Morgan fingerprint density at radius 1 is 1.28 bits per heavy atom. The zero-order valence-electron chi connectivity index (χ0n) is 9.57. The molecule has 1 amide bonds. The monoisotopic (exact) mass is 269 g/mol. The smallest absolute Gasteiger partial charge is 0.471 e. The summed E-state index contributed by atoms with van der Waals surface area (Å²) in [6.45, 7) is 0.122. The fourth-order valence-electron chi connectivity index (χ4n) is 1.83. The summed E-state index contributed by atoms with van der Waals surface area (Å²) in [5.41, 5.74) is 0. The number of aliphatic carboxylic acids is 1. The first-order valence-electron chi connectivity index (χ1n) is 5.49. The number of carbonyl (C=O) groups is 2. The van der Waals surface area contributed by atoms with Crippen molar-refractivity contribution in [2.45, 2.75) is 31.5 Å². The summed E-state index contributed by atoms with van der Waals surface area (Å²) in [7, 11) is 0. The second-order valence-electron chi connectivity index (χ2n) is 3.98. The lowest BCUT2D eigenvalue weighted by atomic mass is 10.1. The van der Waals surface area contributed by atoms with Gasteiger partial charge in [0.2, 0.25) is 0 Å². The minimum Gasteiger partial charge on any atom is -0.481 e. The van der Waals surface area contributed by atoms with Crippen LogP contribution in [-0.2, 0) is 14.3 Å². The Labute approximate surface area is 102 Å². The summed E-state index contributed by atoms with van der Waals surface area (Å²) in [4.78, 5) is 22.3. The third-order valence-corrected chi connectivity index (χ3v) is 2.70. The molecule has 0 aromatic carbocycles. The van der Waals surface area contributed by atoms with Gasteiger partial charge in [0.25, 0.3) is 0 Å². The topological polar surface area (TPSA) is 66.8 Å². The quantitative estimate of drug-likeness (QED) is 0.827. The number of ether oxygens (including phenoxy) is 1. The highest BCUT2D eigenvalue weighted by atomic mass is 19.4. The molecule has 1 rings (SSSR count). The molecular formula is C10H14F3NO4. The van der Waals surface area contributed by atoms with Gasteiger partial charge in [-0.3, -0.25) is 9.59 Å². The summed E-state index contributed by atoms with van der Waals surface area (Å²) in [5.74, 6) is -3.21. The second kappa shape index (κ2) is 6.03. The first-order valence-corrected chi connectivity index (χ1v) is 5.49. The Kier molecular flexibility index (Phi) is 4.94. The third kappa shape index (κ3) is 4.17. The van der Waals surface area contributed by atoms with E-state index in [0.29, 0.717) is 17.7 Å². The fraction of sp³-hybridized carbons (Fsp3) is 0.800. The molecule has 0 aliphatic carbocycles. The summed E-state index contributed by atoms with van der Waals surface area (Å²) in [6, 6.07) is -0.604. The third-order valence-electron chi connectivity index (χ3n) is 2.70. The Bertz CT molecular complexity index is 313. The molecule has 104 valence electrons. The molecule has 1 aliphatic rings. The lowest BCUT2D eigenvalue weighted by molar-refractivity contribution is -0.189.